The molecule has 0 bridgehead atoms. The zero-order valence-electron chi connectivity index (χ0n) is 12.8. The van der Waals surface area contributed by atoms with Crippen molar-refractivity contribution in [3.05, 3.63) is 71.8 Å². The SMILES string of the molecule is CCC1NC(=O)CC(c2ccccc2)NC1c1ccccc1. The van der Waals surface area contributed by atoms with E-state index < -0.39 is 0 Å². The molecule has 0 spiro atoms. The number of amides is 1. The van der Waals surface area contributed by atoms with Crippen LogP contribution in [0.25, 0.3) is 0 Å². The van der Waals surface area contributed by atoms with Crippen molar-refractivity contribution < 1.29 is 4.79 Å². The van der Waals surface area contributed by atoms with Crippen LogP contribution in [-0.4, -0.2) is 11.9 Å². The number of rotatable bonds is 3. The summed E-state index contributed by atoms with van der Waals surface area (Å²) in [5.74, 6) is 0.117. The molecule has 1 aliphatic rings. The van der Waals surface area contributed by atoms with E-state index in [2.05, 4.69) is 41.8 Å². The summed E-state index contributed by atoms with van der Waals surface area (Å²) >= 11 is 0. The van der Waals surface area contributed by atoms with Crippen molar-refractivity contribution in [2.75, 3.05) is 0 Å². The highest BCUT2D eigenvalue weighted by atomic mass is 16.1. The van der Waals surface area contributed by atoms with Crippen LogP contribution in [0.3, 0.4) is 0 Å². The van der Waals surface area contributed by atoms with Crippen LogP contribution in [0.4, 0.5) is 0 Å². The van der Waals surface area contributed by atoms with Crippen molar-refractivity contribution in [2.24, 2.45) is 0 Å². The Labute approximate surface area is 131 Å². The van der Waals surface area contributed by atoms with Gasteiger partial charge in [-0.15, -0.1) is 0 Å². The van der Waals surface area contributed by atoms with Gasteiger partial charge in [0.2, 0.25) is 5.91 Å². The predicted octanol–water partition coefficient (Wildman–Crippen LogP) is 3.36. The van der Waals surface area contributed by atoms with E-state index in [9.17, 15) is 4.79 Å². The molecular formula is C19H22N2O. The van der Waals surface area contributed by atoms with E-state index >= 15 is 0 Å². The van der Waals surface area contributed by atoms with E-state index in [1.807, 2.05) is 36.4 Å². The summed E-state index contributed by atoms with van der Waals surface area (Å²) in [5, 5.41) is 6.87. The highest BCUT2D eigenvalue weighted by Gasteiger charge is 2.31. The average molecular weight is 294 g/mol. The minimum absolute atomic E-state index is 0.0444. The molecular weight excluding hydrogens is 272 g/mol. The van der Waals surface area contributed by atoms with E-state index in [0.717, 1.165) is 12.0 Å². The molecule has 1 fully saturated rings. The Bertz CT molecular complexity index is 612. The molecule has 3 atom stereocenters. The van der Waals surface area contributed by atoms with Gasteiger partial charge in [-0.3, -0.25) is 4.79 Å². The molecule has 1 amide bonds. The molecule has 1 saturated heterocycles. The number of carbonyl (C=O) groups excluding carboxylic acids is 1. The summed E-state index contributed by atoms with van der Waals surface area (Å²) in [6.45, 7) is 2.12. The fourth-order valence-corrected chi connectivity index (χ4v) is 3.15. The van der Waals surface area contributed by atoms with Crippen molar-refractivity contribution in [2.45, 2.75) is 37.9 Å². The van der Waals surface area contributed by atoms with Crippen LogP contribution in [0.15, 0.2) is 60.7 Å². The van der Waals surface area contributed by atoms with Gasteiger partial charge in [0, 0.05) is 18.5 Å². The zero-order chi connectivity index (χ0) is 15.4. The molecule has 2 aromatic carbocycles. The van der Waals surface area contributed by atoms with Crippen LogP contribution in [0.1, 0.15) is 43.0 Å². The maximum absolute atomic E-state index is 12.3. The molecule has 3 rings (SSSR count). The Morgan fingerprint density at radius 3 is 2.14 bits per heavy atom. The Kier molecular flexibility index (Phi) is 4.54. The molecule has 22 heavy (non-hydrogen) atoms. The van der Waals surface area contributed by atoms with Gasteiger partial charge in [0.15, 0.2) is 0 Å². The van der Waals surface area contributed by atoms with Crippen molar-refractivity contribution in [3.63, 3.8) is 0 Å². The third kappa shape index (κ3) is 3.20. The molecule has 114 valence electrons. The van der Waals surface area contributed by atoms with Gasteiger partial charge in [-0.2, -0.15) is 0 Å². The van der Waals surface area contributed by atoms with Crippen LogP contribution in [0.5, 0.6) is 0 Å². The van der Waals surface area contributed by atoms with Gasteiger partial charge < -0.3 is 10.6 Å². The van der Waals surface area contributed by atoms with E-state index in [-0.39, 0.29) is 24.0 Å². The lowest BCUT2D eigenvalue weighted by atomic mass is 9.96. The molecule has 1 aliphatic heterocycles. The molecule has 2 aromatic rings. The number of carbonyl (C=O) groups is 1. The first kappa shape index (κ1) is 14.8. The van der Waals surface area contributed by atoms with Gasteiger partial charge in [-0.1, -0.05) is 67.6 Å². The summed E-state index contributed by atoms with van der Waals surface area (Å²) in [7, 11) is 0. The summed E-state index contributed by atoms with van der Waals surface area (Å²) in [6, 6.07) is 20.9. The van der Waals surface area contributed by atoms with Crippen LogP contribution in [0, 0.1) is 0 Å². The zero-order valence-corrected chi connectivity index (χ0v) is 12.8. The molecule has 3 heteroatoms. The van der Waals surface area contributed by atoms with Crippen LogP contribution in [0.2, 0.25) is 0 Å². The maximum atomic E-state index is 12.3. The summed E-state index contributed by atoms with van der Waals surface area (Å²) in [6.07, 6.45) is 1.38. The minimum Gasteiger partial charge on any atom is -0.351 e. The third-order valence-electron chi connectivity index (χ3n) is 4.32. The first-order valence-corrected chi connectivity index (χ1v) is 7.93. The van der Waals surface area contributed by atoms with Gasteiger partial charge in [-0.05, 0) is 17.5 Å². The lowest BCUT2D eigenvalue weighted by molar-refractivity contribution is -0.121. The Morgan fingerprint density at radius 1 is 0.955 bits per heavy atom. The van der Waals surface area contributed by atoms with Crippen molar-refractivity contribution in [3.8, 4) is 0 Å². The monoisotopic (exact) mass is 294 g/mol. The van der Waals surface area contributed by atoms with Crippen LogP contribution >= 0.6 is 0 Å². The standard InChI is InChI=1S/C19H22N2O/c1-2-16-19(15-11-7-4-8-12-15)21-17(13-18(22)20-16)14-9-5-3-6-10-14/h3-12,16-17,19,21H,2,13H2,1H3,(H,20,22). The summed E-state index contributed by atoms with van der Waals surface area (Å²) in [5.41, 5.74) is 2.38. The van der Waals surface area contributed by atoms with Crippen molar-refractivity contribution >= 4 is 5.91 Å². The van der Waals surface area contributed by atoms with Gasteiger partial charge in [0.25, 0.3) is 0 Å². The van der Waals surface area contributed by atoms with Gasteiger partial charge in [0.05, 0.1) is 6.04 Å². The second-order valence-corrected chi connectivity index (χ2v) is 5.80. The Balaban J connectivity index is 1.93. The first-order chi connectivity index (χ1) is 10.8. The number of nitrogens with one attached hydrogen (secondary N) is 2. The van der Waals surface area contributed by atoms with Crippen molar-refractivity contribution in [1.82, 2.24) is 10.6 Å². The Hall–Kier alpha value is -2.13. The molecule has 3 unspecified atom stereocenters. The highest BCUT2D eigenvalue weighted by molar-refractivity contribution is 5.77. The van der Waals surface area contributed by atoms with Gasteiger partial charge >= 0.3 is 0 Å². The average Bonchev–Trinajstić information content (AvgIpc) is 2.75. The lowest BCUT2D eigenvalue weighted by Gasteiger charge is -2.28. The van der Waals surface area contributed by atoms with Crippen LogP contribution in [-0.2, 0) is 4.79 Å². The molecule has 0 aromatic heterocycles. The molecule has 0 aliphatic carbocycles. The quantitative estimate of drug-likeness (QED) is 0.911. The first-order valence-electron chi connectivity index (χ1n) is 7.93. The van der Waals surface area contributed by atoms with E-state index in [1.54, 1.807) is 0 Å². The summed E-state index contributed by atoms with van der Waals surface area (Å²) in [4.78, 5) is 12.3. The fraction of sp³-hybridized carbons (Fsp3) is 0.316. The third-order valence-corrected chi connectivity index (χ3v) is 4.32. The number of hydrogen-bond acceptors (Lipinski definition) is 2. The summed E-state index contributed by atoms with van der Waals surface area (Å²) < 4.78 is 0. The highest BCUT2D eigenvalue weighted by Crippen LogP contribution is 2.28. The van der Waals surface area contributed by atoms with Crippen molar-refractivity contribution in [1.29, 1.82) is 0 Å². The molecule has 1 heterocycles. The normalized spacial score (nSPS) is 25.3. The molecule has 3 nitrogen and oxygen atoms in total. The fourth-order valence-electron chi connectivity index (χ4n) is 3.15. The lowest BCUT2D eigenvalue weighted by Crippen LogP contribution is -2.40. The van der Waals surface area contributed by atoms with E-state index in [0.29, 0.717) is 6.42 Å². The second kappa shape index (κ2) is 6.75. The Morgan fingerprint density at radius 2 is 1.55 bits per heavy atom. The van der Waals surface area contributed by atoms with E-state index in [4.69, 9.17) is 0 Å². The topological polar surface area (TPSA) is 41.1 Å². The smallest absolute Gasteiger partial charge is 0.222 e. The molecule has 0 saturated carbocycles. The number of benzene rings is 2. The van der Waals surface area contributed by atoms with E-state index in [1.165, 1.54) is 5.56 Å². The van der Waals surface area contributed by atoms with Gasteiger partial charge in [-0.25, -0.2) is 0 Å². The predicted molar refractivity (Wildman–Crippen MR) is 88.3 cm³/mol. The largest absolute Gasteiger partial charge is 0.351 e. The molecule has 0 radical (unpaired) electrons. The van der Waals surface area contributed by atoms with Gasteiger partial charge in [0.1, 0.15) is 0 Å². The number of hydrogen-bond donors (Lipinski definition) is 2. The maximum Gasteiger partial charge on any atom is 0.222 e. The minimum atomic E-state index is 0.0444. The van der Waals surface area contributed by atoms with Crippen LogP contribution < -0.4 is 10.6 Å². The molecule has 2 N–H and O–H groups in total. The second-order valence-electron chi connectivity index (χ2n) is 5.80.